The average Bonchev–Trinajstić information content (AvgIpc) is 2.67. The van der Waals surface area contributed by atoms with Crippen LogP contribution in [-0.4, -0.2) is 48.9 Å². The predicted molar refractivity (Wildman–Crippen MR) is 94.6 cm³/mol. The number of hydrogen-bond acceptors (Lipinski definition) is 6. The third-order valence-electron chi connectivity index (χ3n) is 4.58. The maximum absolute atomic E-state index is 12.3. The monoisotopic (exact) mass is 342 g/mol. The predicted octanol–water partition coefficient (Wildman–Crippen LogP) is 0.952. The van der Waals surface area contributed by atoms with Crippen LogP contribution < -0.4 is 25.2 Å². The fraction of sp³-hybridized carbons (Fsp3) is 0.444. The molecule has 1 aromatic carbocycles. The number of H-pyrrole nitrogens is 1. The van der Waals surface area contributed by atoms with Crippen molar-refractivity contribution in [2.24, 2.45) is 0 Å². The summed E-state index contributed by atoms with van der Waals surface area (Å²) >= 11 is 0. The van der Waals surface area contributed by atoms with Crippen LogP contribution in [0.15, 0.2) is 35.3 Å². The third-order valence-corrected chi connectivity index (χ3v) is 4.58. The summed E-state index contributed by atoms with van der Waals surface area (Å²) in [6, 6.07) is 7.65. The van der Waals surface area contributed by atoms with Gasteiger partial charge < -0.3 is 19.7 Å². The van der Waals surface area contributed by atoms with Gasteiger partial charge in [-0.15, -0.1) is 0 Å². The van der Waals surface area contributed by atoms with Crippen molar-refractivity contribution in [1.29, 1.82) is 0 Å². The van der Waals surface area contributed by atoms with E-state index in [1.807, 2.05) is 24.3 Å². The van der Waals surface area contributed by atoms with Gasteiger partial charge in [-0.05, 0) is 25.0 Å². The van der Waals surface area contributed by atoms with Crippen LogP contribution in [0.1, 0.15) is 12.0 Å². The normalized spacial score (nSPS) is 19.7. The standard InChI is InChI=1S/C18H22N4O3/c23-17-13(11-20-18(21-17)22-9-7-19-8-10-22)5-6-14-12-24-15-3-1-2-4-16(15)25-14/h1-4,11,14,19H,5-10,12H2,(H,20,21,23). The van der Waals surface area contributed by atoms with Gasteiger partial charge in [-0.1, -0.05) is 12.1 Å². The van der Waals surface area contributed by atoms with Crippen molar-refractivity contribution < 1.29 is 9.47 Å². The first-order chi connectivity index (χ1) is 12.3. The van der Waals surface area contributed by atoms with E-state index < -0.39 is 0 Å². The summed E-state index contributed by atoms with van der Waals surface area (Å²) < 4.78 is 11.7. The summed E-state index contributed by atoms with van der Waals surface area (Å²) in [5, 5.41) is 3.29. The number of piperazine rings is 1. The van der Waals surface area contributed by atoms with Crippen molar-refractivity contribution in [2.45, 2.75) is 18.9 Å². The molecule has 0 bridgehead atoms. The van der Waals surface area contributed by atoms with Gasteiger partial charge in [0.25, 0.3) is 5.56 Å². The Morgan fingerprint density at radius 1 is 1.20 bits per heavy atom. The number of hydrogen-bond donors (Lipinski definition) is 2. The molecular formula is C18H22N4O3. The smallest absolute Gasteiger partial charge is 0.255 e. The van der Waals surface area contributed by atoms with Gasteiger partial charge in [0.2, 0.25) is 5.95 Å². The van der Waals surface area contributed by atoms with Gasteiger partial charge in [-0.25, -0.2) is 4.98 Å². The van der Waals surface area contributed by atoms with Crippen molar-refractivity contribution in [3.8, 4) is 11.5 Å². The number of nitrogens with zero attached hydrogens (tertiary/aromatic N) is 2. The van der Waals surface area contributed by atoms with Crippen LogP contribution in [0.25, 0.3) is 0 Å². The molecule has 25 heavy (non-hydrogen) atoms. The van der Waals surface area contributed by atoms with Crippen molar-refractivity contribution in [1.82, 2.24) is 15.3 Å². The second-order valence-electron chi connectivity index (χ2n) is 6.33. The molecule has 2 aliphatic rings. The molecule has 0 spiro atoms. The molecular weight excluding hydrogens is 320 g/mol. The maximum atomic E-state index is 12.3. The Morgan fingerprint density at radius 2 is 2.00 bits per heavy atom. The Morgan fingerprint density at radius 3 is 2.80 bits per heavy atom. The molecule has 7 nitrogen and oxygen atoms in total. The lowest BCUT2D eigenvalue weighted by Gasteiger charge is -2.28. The second kappa shape index (κ2) is 7.14. The SMILES string of the molecule is O=c1[nH]c(N2CCNCC2)ncc1CCC1COc2ccccc2O1. The minimum absolute atomic E-state index is 0.0536. The third kappa shape index (κ3) is 3.61. The van der Waals surface area contributed by atoms with Crippen molar-refractivity contribution in [3.63, 3.8) is 0 Å². The van der Waals surface area contributed by atoms with E-state index in [4.69, 9.17) is 9.47 Å². The van der Waals surface area contributed by atoms with E-state index >= 15 is 0 Å². The van der Waals surface area contributed by atoms with Crippen LogP contribution in [0, 0.1) is 0 Å². The highest BCUT2D eigenvalue weighted by Gasteiger charge is 2.21. The Bertz CT molecular complexity index is 786. The van der Waals surface area contributed by atoms with Gasteiger partial charge >= 0.3 is 0 Å². The Balaban J connectivity index is 1.38. The fourth-order valence-electron chi connectivity index (χ4n) is 3.15. The number of aromatic amines is 1. The Hall–Kier alpha value is -2.54. The summed E-state index contributed by atoms with van der Waals surface area (Å²) in [4.78, 5) is 21.8. The second-order valence-corrected chi connectivity index (χ2v) is 6.33. The molecule has 132 valence electrons. The van der Waals surface area contributed by atoms with Crippen molar-refractivity contribution >= 4 is 5.95 Å². The van der Waals surface area contributed by atoms with Crippen LogP contribution in [0.5, 0.6) is 11.5 Å². The number of rotatable bonds is 4. The molecule has 2 N–H and O–H groups in total. The minimum Gasteiger partial charge on any atom is -0.486 e. The molecule has 1 aromatic heterocycles. The van der Waals surface area contributed by atoms with Crippen molar-refractivity contribution in [2.75, 3.05) is 37.7 Å². The lowest BCUT2D eigenvalue weighted by atomic mass is 10.1. The van der Waals surface area contributed by atoms with Crippen LogP contribution in [0.2, 0.25) is 0 Å². The zero-order valence-corrected chi connectivity index (χ0v) is 14.0. The molecule has 1 fully saturated rings. The molecule has 3 heterocycles. The summed E-state index contributed by atoms with van der Waals surface area (Å²) in [7, 11) is 0. The molecule has 7 heteroatoms. The van der Waals surface area contributed by atoms with E-state index in [9.17, 15) is 4.79 Å². The minimum atomic E-state index is -0.0688. The van der Waals surface area contributed by atoms with Crippen LogP contribution in [0.4, 0.5) is 5.95 Å². The van der Waals surface area contributed by atoms with Gasteiger partial charge in [0, 0.05) is 37.9 Å². The Labute approximate surface area is 146 Å². The highest BCUT2D eigenvalue weighted by Crippen LogP contribution is 2.31. The lowest BCUT2D eigenvalue weighted by molar-refractivity contribution is 0.0850. The molecule has 0 amide bonds. The van der Waals surface area contributed by atoms with E-state index in [-0.39, 0.29) is 11.7 Å². The number of ether oxygens (including phenoxy) is 2. The first kappa shape index (κ1) is 16.0. The van der Waals surface area contributed by atoms with Gasteiger partial charge in [-0.3, -0.25) is 9.78 Å². The zero-order chi connectivity index (χ0) is 17.1. The van der Waals surface area contributed by atoms with Gasteiger partial charge in [0.1, 0.15) is 12.7 Å². The number of nitrogens with one attached hydrogen (secondary N) is 2. The fourth-order valence-corrected chi connectivity index (χ4v) is 3.15. The van der Waals surface area contributed by atoms with E-state index in [1.165, 1.54) is 0 Å². The van der Waals surface area contributed by atoms with Crippen molar-refractivity contribution in [3.05, 3.63) is 46.4 Å². The number of aromatic nitrogens is 2. The van der Waals surface area contributed by atoms with E-state index in [0.717, 1.165) is 37.7 Å². The van der Waals surface area contributed by atoms with Crippen LogP contribution in [-0.2, 0) is 6.42 Å². The van der Waals surface area contributed by atoms with Gasteiger partial charge in [0.05, 0.1) is 0 Å². The largest absolute Gasteiger partial charge is 0.486 e. The summed E-state index contributed by atoms with van der Waals surface area (Å²) in [6.45, 7) is 4.03. The molecule has 2 aliphatic heterocycles. The number of anilines is 1. The highest BCUT2D eigenvalue weighted by molar-refractivity contribution is 5.40. The number of fused-ring (bicyclic) bond motifs is 1. The maximum Gasteiger partial charge on any atom is 0.255 e. The number of para-hydroxylation sites is 2. The molecule has 1 saturated heterocycles. The van der Waals surface area contributed by atoms with E-state index in [1.54, 1.807) is 6.20 Å². The molecule has 4 rings (SSSR count). The van der Waals surface area contributed by atoms with E-state index in [0.29, 0.717) is 31.0 Å². The average molecular weight is 342 g/mol. The first-order valence-electron chi connectivity index (χ1n) is 8.72. The number of aryl methyl sites for hydroxylation is 1. The summed E-state index contributed by atoms with van der Waals surface area (Å²) in [6.07, 6.45) is 2.96. The summed E-state index contributed by atoms with van der Waals surface area (Å²) in [5.74, 6) is 2.19. The summed E-state index contributed by atoms with van der Waals surface area (Å²) in [5.41, 5.74) is 0.613. The van der Waals surface area contributed by atoms with Crippen LogP contribution >= 0.6 is 0 Å². The topological polar surface area (TPSA) is 79.5 Å². The Kier molecular flexibility index (Phi) is 4.56. The number of benzene rings is 1. The molecule has 0 radical (unpaired) electrons. The van der Waals surface area contributed by atoms with Gasteiger partial charge in [-0.2, -0.15) is 0 Å². The molecule has 0 saturated carbocycles. The molecule has 2 aromatic rings. The lowest BCUT2D eigenvalue weighted by Crippen LogP contribution is -2.44. The van der Waals surface area contributed by atoms with Crippen LogP contribution in [0.3, 0.4) is 0 Å². The molecule has 1 unspecified atom stereocenters. The molecule has 1 atom stereocenters. The quantitative estimate of drug-likeness (QED) is 0.861. The van der Waals surface area contributed by atoms with Gasteiger partial charge in [0.15, 0.2) is 11.5 Å². The molecule has 0 aliphatic carbocycles. The van der Waals surface area contributed by atoms with E-state index in [2.05, 4.69) is 20.2 Å². The first-order valence-corrected chi connectivity index (χ1v) is 8.72. The zero-order valence-electron chi connectivity index (χ0n) is 14.0. The highest BCUT2D eigenvalue weighted by atomic mass is 16.6.